The van der Waals surface area contributed by atoms with E-state index in [1.54, 1.807) is 39.0 Å². The van der Waals surface area contributed by atoms with Crippen LogP contribution in [0.15, 0.2) is 18.2 Å². The first-order chi connectivity index (χ1) is 9.10. The van der Waals surface area contributed by atoms with Crippen molar-refractivity contribution in [3.63, 3.8) is 0 Å². The smallest absolute Gasteiger partial charge is 0.229 e. The molecule has 20 heavy (non-hydrogen) atoms. The van der Waals surface area contributed by atoms with Crippen LogP contribution in [0.2, 0.25) is 0 Å². The van der Waals surface area contributed by atoms with E-state index in [0.29, 0.717) is 11.4 Å². The van der Waals surface area contributed by atoms with Crippen molar-refractivity contribution in [3.8, 4) is 0 Å². The molecule has 0 bridgehead atoms. The highest BCUT2D eigenvalue weighted by atomic mass is 32.2. The molecule has 0 radical (unpaired) electrons. The molecule has 6 nitrogen and oxygen atoms in total. The van der Waals surface area contributed by atoms with Gasteiger partial charge in [-0.05, 0) is 37.6 Å². The van der Waals surface area contributed by atoms with Gasteiger partial charge in [-0.3, -0.25) is 9.52 Å². The summed E-state index contributed by atoms with van der Waals surface area (Å²) in [6.07, 6.45) is 1.09. The van der Waals surface area contributed by atoms with Crippen LogP contribution < -0.4 is 15.8 Å². The fraction of sp³-hybridized carbons (Fsp3) is 0.462. The summed E-state index contributed by atoms with van der Waals surface area (Å²) in [6, 6.07) is 4.73. The van der Waals surface area contributed by atoms with E-state index < -0.39 is 10.0 Å². The van der Waals surface area contributed by atoms with Gasteiger partial charge >= 0.3 is 0 Å². The van der Waals surface area contributed by atoms with Crippen molar-refractivity contribution in [2.45, 2.75) is 26.8 Å². The number of rotatable bonds is 5. The van der Waals surface area contributed by atoms with E-state index in [0.717, 1.165) is 11.8 Å². The molecule has 0 saturated heterocycles. The molecule has 0 spiro atoms. The Morgan fingerprint density at radius 3 is 2.35 bits per heavy atom. The second kappa shape index (κ2) is 6.23. The molecule has 1 rings (SSSR count). The monoisotopic (exact) mass is 299 g/mol. The highest BCUT2D eigenvalue weighted by molar-refractivity contribution is 7.92. The summed E-state index contributed by atoms with van der Waals surface area (Å²) in [4.78, 5) is 11.9. The third-order valence-corrected chi connectivity index (χ3v) is 3.58. The van der Waals surface area contributed by atoms with Crippen molar-refractivity contribution in [2.75, 3.05) is 16.3 Å². The number of hydrogen-bond acceptors (Lipinski definition) is 4. The molecular weight excluding hydrogens is 278 g/mol. The summed E-state index contributed by atoms with van der Waals surface area (Å²) in [5.41, 5.74) is 7.50. The van der Waals surface area contributed by atoms with Crippen LogP contribution in [0.5, 0.6) is 0 Å². The number of amides is 1. The topological polar surface area (TPSA) is 101 Å². The molecule has 1 aromatic rings. The third kappa shape index (κ3) is 4.82. The minimum absolute atomic E-state index is 0.164. The number of hydrogen-bond donors (Lipinski definition) is 3. The van der Waals surface area contributed by atoms with Gasteiger partial charge in [0.25, 0.3) is 0 Å². The van der Waals surface area contributed by atoms with Crippen molar-refractivity contribution in [3.05, 3.63) is 23.8 Å². The predicted octanol–water partition coefficient (Wildman–Crippen LogP) is 1.29. The number of carbonyl (C=O) groups is 1. The Labute approximate surface area is 119 Å². The first-order valence-electron chi connectivity index (χ1n) is 6.25. The molecule has 4 N–H and O–H groups in total. The number of nitrogens with two attached hydrogens (primary N) is 1. The quantitative estimate of drug-likeness (QED) is 0.762. The first kappa shape index (κ1) is 16.5. The van der Waals surface area contributed by atoms with Gasteiger partial charge in [0.2, 0.25) is 15.9 Å². The summed E-state index contributed by atoms with van der Waals surface area (Å²) in [7, 11) is -3.31. The van der Waals surface area contributed by atoms with Gasteiger partial charge in [0.05, 0.1) is 17.9 Å². The zero-order valence-corrected chi connectivity index (χ0v) is 12.9. The Morgan fingerprint density at radius 1 is 1.30 bits per heavy atom. The number of carbonyl (C=O) groups excluding carboxylic acids is 1. The standard InChI is InChI=1S/C13H21N3O3S/c1-8-7-11(15-13(17)9(2)10(3)14)5-6-12(8)16-20(4,18)19/h5-7,9-10,16H,14H2,1-4H3,(H,15,17). The van der Waals surface area contributed by atoms with Crippen LogP contribution in [0.3, 0.4) is 0 Å². The lowest BCUT2D eigenvalue weighted by atomic mass is 10.0. The molecule has 0 aliphatic heterocycles. The van der Waals surface area contributed by atoms with E-state index in [9.17, 15) is 13.2 Å². The molecule has 0 fully saturated rings. The second-order valence-electron chi connectivity index (χ2n) is 5.04. The van der Waals surface area contributed by atoms with E-state index >= 15 is 0 Å². The fourth-order valence-corrected chi connectivity index (χ4v) is 2.18. The summed E-state index contributed by atoms with van der Waals surface area (Å²) < 4.78 is 24.8. The van der Waals surface area contributed by atoms with E-state index in [1.807, 2.05) is 0 Å². The van der Waals surface area contributed by atoms with Gasteiger partial charge in [-0.15, -0.1) is 0 Å². The maximum absolute atomic E-state index is 11.9. The zero-order chi connectivity index (χ0) is 15.5. The number of anilines is 2. The summed E-state index contributed by atoms with van der Waals surface area (Å²) in [5.74, 6) is -0.465. The fourth-order valence-electron chi connectivity index (χ4n) is 1.55. The number of aryl methyl sites for hydroxylation is 1. The SMILES string of the molecule is Cc1cc(NC(=O)C(C)C(C)N)ccc1NS(C)(=O)=O. The van der Waals surface area contributed by atoms with E-state index in [-0.39, 0.29) is 17.9 Å². The molecule has 0 heterocycles. The maximum Gasteiger partial charge on any atom is 0.229 e. The van der Waals surface area contributed by atoms with Crippen molar-refractivity contribution in [1.29, 1.82) is 0 Å². The van der Waals surface area contributed by atoms with Gasteiger partial charge < -0.3 is 11.1 Å². The van der Waals surface area contributed by atoms with E-state index in [4.69, 9.17) is 5.73 Å². The summed E-state index contributed by atoms with van der Waals surface area (Å²) >= 11 is 0. The number of benzene rings is 1. The largest absolute Gasteiger partial charge is 0.327 e. The van der Waals surface area contributed by atoms with Gasteiger partial charge in [0.1, 0.15) is 0 Å². The molecule has 1 amide bonds. The molecule has 1 aromatic carbocycles. The Balaban J connectivity index is 2.85. The van der Waals surface area contributed by atoms with Crippen molar-refractivity contribution in [1.82, 2.24) is 0 Å². The molecule has 7 heteroatoms. The van der Waals surface area contributed by atoms with Crippen molar-refractivity contribution >= 4 is 27.3 Å². The Hall–Kier alpha value is -1.60. The van der Waals surface area contributed by atoms with Gasteiger partial charge in [0, 0.05) is 11.7 Å². The summed E-state index contributed by atoms with van der Waals surface area (Å²) in [5, 5.41) is 2.76. The molecule has 0 saturated carbocycles. The Bertz CT molecular complexity index is 597. The van der Waals surface area contributed by atoms with Crippen LogP contribution in [0.25, 0.3) is 0 Å². The number of nitrogens with one attached hydrogen (secondary N) is 2. The van der Waals surface area contributed by atoms with E-state index in [1.165, 1.54) is 0 Å². The van der Waals surface area contributed by atoms with Gasteiger partial charge in [-0.2, -0.15) is 0 Å². The van der Waals surface area contributed by atoms with E-state index in [2.05, 4.69) is 10.0 Å². The predicted molar refractivity (Wildman–Crippen MR) is 81.1 cm³/mol. The van der Waals surface area contributed by atoms with Gasteiger partial charge in [-0.25, -0.2) is 8.42 Å². The van der Waals surface area contributed by atoms with Gasteiger partial charge in [-0.1, -0.05) is 6.92 Å². The Morgan fingerprint density at radius 2 is 1.90 bits per heavy atom. The third-order valence-electron chi connectivity index (χ3n) is 2.99. The Kier molecular flexibility index (Phi) is 5.13. The van der Waals surface area contributed by atoms with Crippen LogP contribution in [0, 0.1) is 12.8 Å². The maximum atomic E-state index is 11.9. The first-order valence-corrected chi connectivity index (χ1v) is 8.14. The molecule has 2 atom stereocenters. The normalized spacial score (nSPS) is 14.4. The van der Waals surface area contributed by atoms with Crippen molar-refractivity contribution in [2.24, 2.45) is 11.7 Å². The van der Waals surface area contributed by atoms with Crippen molar-refractivity contribution < 1.29 is 13.2 Å². The molecule has 2 unspecified atom stereocenters. The average molecular weight is 299 g/mol. The molecule has 112 valence electrons. The number of sulfonamides is 1. The lowest BCUT2D eigenvalue weighted by Crippen LogP contribution is -2.34. The lowest BCUT2D eigenvalue weighted by molar-refractivity contribution is -0.119. The average Bonchev–Trinajstić information content (AvgIpc) is 2.30. The van der Waals surface area contributed by atoms with Crippen LogP contribution >= 0.6 is 0 Å². The molecule has 0 aliphatic rings. The lowest BCUT2D eigenvalue weighted by Gasteiger charge is -2.16. The minimum atomic E-state index is -3.31. The molecule has 0 aliphatic carbocycles. The van der Waals surface area contributed by atoms with Crippen LogP contribution in [-0.4, -0.2) is 26.6 Å². The highest BCUT2D eigenvalue weighted by Crippen LogP contribution is 2.21. The molecular formula is C13H21N3O3S. The van der Waals surface area contributed by atoms with Crippen LogP contribution in [0.1, 0.15) is 19.4 Å². The van der Waals surface area contributed by atoms with Gasteiger partial charge in [0.15, 0.2) is 0 Å². The second-order valence-corrected chi connectivity index (χ2v) is 6.79. The summed E-state index contributed by atoms with van der Waals surface area (Å²) in [6.45, 7) is 5.29. The zero-order valence-electron chi connectivity index (χ0n) is 12.1. The molecule has 0 aromatic heterocycles. The highest BCUT2D eigenvalue weighted by Gasteiger charge is 2.17. The minimum Gasteiger partial charge on any atom is -0.327 e. The van der Waals surface area contributed by atoms with Crippen LogP contribution in [-0.2, 0) is 14.8 Å². The van der Waals surface area contributed by atoms with Crippen LogP contribution in [0.4, 0.5) is 11.4 Å².